The molecule has 0 saturated heterocycles. The largest absolute Gasteiger partial charge is 0.393 e. The third-order valence-corrected chi connectivity index (χ3v) is 11.9. The van der Waals surface area contributed by atoms with Gasteiger partial charge < -0.3 is 15.7 Å². The fourth-order valence-electron chi connectivity index (χ4n) is 10.2. The number of aliphatic hydroxyl groups is 1. The van der Waals surface area contributed by atoms with Crippen LogP contribution in [0.25, 0.3) is 0 Å². The van der Waals surface area contributed by atoms with Gasteiger partial charge in [-0.05, 0) is 105 Å². The van der Waals surface area contributed by atoms with Gasteiger partial charge in [0.2, 0.25) is 0 Å². The van der Waals surface area contributed by atoms with Crippen LogP contribution in [0.3, 0.4) is 0 Å². The van der Waals surface area contributed by atoms with E-state index in [-0.39, 0.29) is 16.9 Å². The Morgan fingerprint density at radius 2 is 1.55 bits per heavy atom. The van der Waals surface area contributed by atoms with Crippen molar-refractivity contribution >= 4 is 0 Å². The summed E-state index contributed by atoms with van der Waals surface area (Å²) in [4.78, 5) is 0. The maximum absolute atomic E-state index is 11.2. The summed E-state index contributed by atoms with van der Waals surface area (Å²) in [6, 6.07) is 1.03. The van der Waals surface area contributed by atoms with Gasteiger partial charge in [-0.2, -0.15) is 0 Å². The molecule has 3 N–H and O–H groups in total. The zero-order valence-electron chi connectivity index (χ0n) is 20.4. The molecule has 3 nitrogen and oxygen atoms in total. The number of aliphatic hydroxyl groups excluding tert-OH is 1. The van der Waals surface area contributed by atoms with Crippen molar-refractivity contribution in [3.8, 4) is 0 Å². The topological polar surface area (TPSA) is 44.3 Å². The Morgan fingerprint density at radius 1 is 0.862 bits per heavy atom. The Kier molecular flexibility index (Phi) is 5.28. The highest BCUT2D eigenvalue weighted by Crippen LogP contribution is 2.74. The van der Waals surface area contributed by atoms with Crippen molar-refractivity contribution in [1.82, 2.24) is 10.6 Å². The molecule has 0 unspecified atom stereocenters. The lowest BCUT2D eigenvalue weighted by Gasteiger charge is -2.67. The standard InChI is InChI=1S/C26H48N2O/c1-16(27-7)22-19(29)15-26(6)18-9-10-20-23(2,3)21(28-8)12-13-24(20,4)17(18)11-14-25(22,26)5/h16-22,27-29H,9-15H2,1-8H3/t16-,17-,18+,19-,20+,21+,22-,24-,25-,26-/m1/s1. The predicted octanol–water partition coefficient (Wildman–Crippen LogP) is 4.84. The van der Waals surface area contributed by atoms with E-state index in [1.807, 2.05) is 0 Å². The van der Waals surface area contributed by atoms with Crippen LogP contribution in [0.5, 0.6) is 0 Å². The van der Waals surface area contributed by atoms with E-state index < -0.39 is 0 Å². The van der Waals surface area contributed by atoms with Crippen LogP contribution in [-0.2, 0) is 0 Å². The van der Waals surface area contributed by atoms with Gasteiger partial charge in [0, 0.05) is 18.0 Å². The van der Waals surface area contributed by atoms with Gasteiger partial charge in [-0.15, -0.1) is 0 Å². The summed E-state index contributed by atoms with van der Waals surface area (Å²) < 4.78 is 0. The quantitative estimate of drug-likeness (QED) is 0.631. The van der Waals surface area contributed by atoms with Crippen LogP contribution in [-0.4, -0.2) is 37.4 Å². The molecular formula is C26H48N2O. The van der Waals surface area contributed by atoms with E-state index in [1.165, 1.54) is 38.5 Å². The molecule has 0 aromatic heterocycles. The molecule has 4 aliphatic carbocycles. The summed E-state index contributed by atoms with van der Waals surface area (Å²) in [6.07, 6.45) is 8.93. The first kappa shape index (κ1) is 22.1. The second-order valence-corrected chi connectivity index (χ2v) is 12.8. The van der Waals surface area contributed by atoms with Crippen LogP contribution in [0.2, 0.25) is 0 Å². The van der Waals surface area contributed by atoms with Gasteiger partial charge in [-0.1, -0.05) is 34.6 Å². The minimum atomic E-state index is -0.159. The van der Waals surface area contributed by atoms with E-state index in [9.17, 15) is 5.11 Å². The van der Waals surface area contributed by atoms with Crippen LogP contribution in [0.15, 0.2) is 0 Å². The van der Waals surface area contributed by atoms with E-state index in [2.05, 4.69) is 66.3 Å². The fraction of sp³-hybridized carbons (Fsp3) is 1.00. The summed E-state index contributed by atoms with van der Waals surface area (Å²) in [6.45, 7) is 15.1. The molecule has 3 heteroatoms. The van der Waals surface area contributed by atoms with E-state index in [4.69, 9.17) is 0 Å². The van der Waals surface area contributed by atoms with Crippen molar-refractivity contribution in [2.24, 2.45) is 45.3 Å². The Balaban J connectivity index is 1.69. The Morgan fingerprint density at radius 3 is 2.17 bits per heavy atom. The molecule has 168 valence electrons. The lowest BCUT2D eigenvalue weighted by Crippen LogP contribution is -2.63. The average molecular weight is 405 g/mol. The molecule has 0 bridgehead atoms. The van der Waals surface area contributed by atoms with Crippen molar-refractivity contribution in [1.29, 1.82) is 0 Å². The van der Waals surface area contributed by atoms with Gasteiger partial charge in [0.15, 0.2) is 0 Å². The van der Waals surface area contributed by atoms with Crippen molar-refractivity contribution in [3.63, 3.8) is 0 Å². The number of rotatable bonds is 3. The number of hydrogen-bond acceptors (Lipinski definition) is 3. The molecule has 0 aromatic carbocycles. The third-order valence-electron chi connectivity index (χ3n) is 11.9. The summed E-state index contributed by atoms with van der Waals surface area (Å²) in [5.41, 5.74) is 1.34. The SMILES string of the molecule is CN[C@H]1CC[C@]2(C)[C@@H]3CC[C@]4(C)[C@H]([C@@H](C)NC)[C@H](O)C[C@]4(C)[C@H]3CC[C@H]2C1(C)C. The van der Waals surface area contributed by atoms with E-state index in [1.54, 1.807) is 0 Å². The molecular weight excluding hydrogens is 356 g/mol. The second-order valence-electron chi connectivity index (χ2n) is 12.8. The molecule has 0 aromatic rings. The molecule has 4 rings (SSSR count). The fourth-order valence-corrected chi connectivity index (χ4v) is 10.2. The zero-order valence-corrected chi connectivity index (χ0v) is 20.4. The minimum Gasteiger partial charge on any atom is -0.393 e. The lowest BCUT2D eigenvalue weighted by molar-refractivity contribution is -0.182. The summed E-state index contributed by atoms with van der Waals surface area (Å²) in [5.74, 6) is 2.79. The average Bonchev–Trinajstić information content (AvgIpc) is 2.86. The Bertz CT molecular complexity index is 634. The van der Waals surface area contributed by atoms with Crippen molar-refractivity contribution in [2.45, 2.75) is 105 Å². The lowest BCUT2D eigenvalue weighted by atomic mass is 9.38. The minimum absolute atomic E-state index is 0.159. The molecule has 4 aliphatic rings. The summed E-state index contributed by atoms with van der Waals surface area (Å²) in [7, 11) is 4.23. The molecule has 0 heterocycles. The Labute approximate surface area is 180 Å². The smallest absolute Gasteiger partial charge is 0.0594 e. The van der Waals surface area contributed by atoms with Crippen LogP contribution in [0, 0.1) is 45.3 Å². The molecule has 0 radical (unpaired) electrons. The zero-order chi connectivity index (χ0) is 21.4. The van der Waals surface area contributed by atoms with Gasteiger partial charge >= 0.3 is 0 Å². The summed E-state index contributed by atoms with van der Waals surface area (Å²) >= 11 is 0. The molecule has 0 aliphatic heterocycles. The Hall–Kier alpha value is -0.120. The second kappa shape index (κ2) is 6.94. The highest BCUT2D eigenvalue weighted by Gasteiger charge is 2.69. The number of fused-ring (bicyclic) bond motifs is 5. The summed E-state index contributed by atoms with van der Waals surface area (Å²) in [5, 5.41) is 18.4. The van der Waals surface area contributed by atoms with Crippen molar-refractivity contribution in [2.75, 3.05) is 14.1 Å². The normalized spacial score (nSPS) is 54.9. The van der Waals surface area contributed by atoms with E-state index >= 15 is 0 Å². The monoisotopic (exact) mass is 404 g/mol. The van der Waals surface area contributed by atoms with Gasteiger partial charge in [-0.3, -0.25) is 0 Å². The van der Waals surface area contributed by atoms with Gasteiger partial charge in [0.25, 0.3) is 0 Å². The molecule has 4 fully saturated rings. The molecule has 29 heavy (non-hydrogen) atoms. The van der Waals surface area contributed by atoms with Crippen LogP contribution in [0.4, 0.5) is 0 Å². The van der Waals surface area contributed by atoms with Crippen molar-refractivity contribution in [3.05, 3.63) is 0 Å². The van der Waals surface area contributed by atoms with Crippen LogP contribution < -0.4 is 10.6 Å². The van der Waals surface area contributed by atoms with Crippen LogP contribution >= 0.6 is 0 Å². The number of nitrogens with one attached hydrogen (secondary N) is 2. The highest BCUT2D eigenvalue weighted by molar-refractivity contribution is 5.18. The maximum Gasteiger partial charge on any atom is 0.0594 e. The first-order chi connectivity index (χ1) is 13.5. The van der Waals surface area contributed by atoms with E-state index in [0.717, 1.165) is 24.2 Å². The first-order valence-electron chi connectivity index (χ1n) is 12.5. The molecule has 10 atom stereocenters. The molecule has 0 amide bonds. The molecule has 0 spiro atoms. The highest BCUT2D eigenvalue weighted by atomic mass is 16.3. The predicted molar refractivity (Wildman–Crippen MR) is 122 cm³/mol. The molecule has 4 saturated carbocycles. The number of hydrogen-bond donors (Lipinski definition) is 3. The van der Waals surface area contributed by atoms with Gasteiger partial charge in [0.05, 0.1) is 6.10 Å². The van der Waals surface area contributed by atoms with Crippen molar-refractivity contribution < 1.29 is 5.11 Å². The van der Waals surface area contributed by atoms with Crippen LogP contribution in [0.1, 0.15) is 86.5 Å². The van der Waals surface area contributed by atoms with E-state index in [0.29, 0.717) is 28.8 Å². The van der Waals surface area contributed by atoms with Gasteiger partial charge in [0.1, 0.15) is 0 Å². The van der Waals surface area contributed by atoms with Gasteiger partial charge in [-0.25, -0.2) is 0 Å². The third kappa shape index (κ3) is 2.72. The maximum atomic E-state index is 11.2. The first-order valence-corrected chi connectivity index (χ1v) is 12.5.